The van der Waals surface area contributed by atoms with Crippen molar-refractivity contribution in [2.24, 2.45) is 0 Å². The molecule has 1 fully saturated rings. The first-order valence-corrected chi connectivity index (χ1v) is 8.59. The average molecular weight is 355 g/mol. The number of nitrogens with one attached hydrogen (secondary N) is 2. The molecule has 2 heterocycles. The molecule has 0 aliphatic carbocycles. The summed E-state index contributed by atoms with van der Waals surface area (Å²) in [7, 11) is 0. The molecule has 1 aromatic heterocycles. The fourth-order valence-electron chi connectivity index (χ4n) is 2.91. The Hall–Kier alpha value is -3.09. The number of rotatable bonds is 5. The molecule has 1 aromatic carbocycles. The van der Waals surface area contributed by atoms with Crippen molar-refractivity contribution < 1.29 is 18.8 Å². The van der Waals surface area contributed by atoms with E-state index < -0.39 is 0 Å². The van der Waals surface area contributed by atoms with Crippen molar-refractivity contribution in [3.8, 4) is 0 Å². The molecule has 7 heteroatoms. The number of likely N-dealkylation sites (tertiary alicyclic amines) is 1. The van der Waals surface area contributed by atoms with Crippen LogP contribution in [0.15, 0.2) is 53.1 Å². The highest BCUT2D eigenvalue weighted by atomic mass is 16.3. The summed E-state index contributed by atoms with van der Waals surface area (Å²) in [5.74, 6) is -0.310. The molecule has 1 aliphatic rings. The first kappa shape index (κ1) is 17.7. The largest absolute Gasteiger partial charge is 0.459 e. The zero-order chi connectivity index (χ0) is 18.4. The fourth-order valence-corrected chi connectivity index (χ4v) is 2.91. The topological polar surface area (TPSA) is 91.7 Å². The summed E-state index contributed by atoms with van der Waals surface area (Å²) in [6, 6.07) is 12.1. The molecule has 2 N–H and O–H groups in total. The lowest BCUT2D eigenvalue weighted by Crippen LogP contribution is -2.48. The number of carbonyl (C=O) groups is 3. The number of hydrogen-bond donors (Lipinski definition) is 2. The Labute approximate surface area is 151 Å². The summed E-state index contributed by atoms with van der Waals surface area (Å²) in [6.07, 6.45) is 2.82. The van der Waals surface area contributed by atoms with E-state index in [1.165, 1.54) is 6.26 Å². The van der Waals surface area contributed by atoms with Gasteiger partial charge in [-0.25, -0.2) is 0 Å². The van der Waals surface area contributed by atoms with Gasteiger partial charge in [-0.1, -0.05) is 18.2 Å². The molecule has 7 nitrogen and oxygen atoms in total. The van der Waals surface area contributed by atoms with Crippen LogP contribution in [0.2, 0.25) is 0 Å². The predicted molar refractivity (Wildman–Crippen MR) is 94.6 cm³/mol. The van der Waals surface area contributed by atoms with E-state index in [4.69, 9.17) is 4.42 Å². The number of amides is 3. The highest BCUT2D eigenvalue weighted by molar-refractivity contribution is 5.96. The molecule has 1 aliphatic heterocycles. The summed E-state index contributed by atoms with van der Waals surface area (Å²) >= 11 is 0. The molecule has 0 radical (unpaired) electrons. The van der Waals surface area contributed by atoms with Gasteiger partial charge in [0.15, 0.2) is 5.76 Å². The van der Waals surface area contributed by atoms with Crippen LogP contribution in [0, 0.1) is 0 Å². The number of furan rings is 1. The SMILES string of the molecule is O=C(CNC(=O)c1ccccc1)NC1CCN(C(=O)c2ccco2)CC1. The molecule has 2 aromatic rings. The molecule has 0 unspecified atom stereocenters. The van der Waals surface area contributed by atoms with Crippen molar-refractivity contribution in [3.63, 3.8) is 0 Å². The second-order valence-corrected chi connectivity index (χ2v) is 6.16. The van der Waals surface area contributed by atoms with Crippen molar-refractivity contribution >= 4 is 17.7 Å². The minimum Gasteiger partial charge on any atom is -0.459 e. The van der Waals surface area contributed by atoms with Gasteiger partial charge in [-0.2, -0.15) is 0 Å². The smallest absolute Gasteiger partial charge is 0.289 e. The van der Waals surface area contributed by atoms with Crippen molar-refractivity contribution in [1.82, 2.24) is 15.5 Å². The minimum absolute atomic E-state index is 0.00298. The maximum absolute atomic E-state index is 12.2. The molecule has 0 spiro atoms. The lowest BCUT2D eigenvalue weighted by molar-refractivity contribution is -0.121. The van der Waals surface area contributed by atoms with Gasteiger partial charge in [0.25, 0.3) is 11.8 Å². The van der Waals surface area contributed by atoms with Crippen LogP contribution in [0.3, 0.4) is 0 Å². The number of hydrogen-bond acceptors (Lipinski definition) is 4. The van der Waals surface area contributed by atoms with E-state index in [-0.39, 0.29) is 30.3 Å². The van der Waals surface area contributed by atoms with Crippen molar-refractivity contribution in [3.05, 3.63) is 60.1 Å². The summed E-state index contributed by atoms with van der Waals surface area (Å²) in [4.78, 5) is 37.9. The summed E-state index contributed by atoms with van der Waals surface area (Å²) in [5.41, 5.74) is 0.519. The third kappa shape index (κ3) is 4.50. The normalized spacial score (nSPS) is 14.7. The van der Waals surface area contributed by atoms with Crippen LogP contribution in [0.25, 0.3) is 0 Å². The fraction of sp³-hybridized carbons (Fsp3) is 0.316. The number of nitrogens with zero attached hydrogens (tertiary/aromatic N) is 1. The van der Waals surface area contributed by atoms with Gasteiger partial charge >= 0.3 is 0 Å². The summed E-state index contributed by atoms with van der Waals surface area (Å²) < 4.78 is 5.13. The third-order valence-electron chi connectivity index (χ3n) is 4.32. The van der Waals surface area contributed by atoms with E-state index in [0.717, 1.165) is 0 Å². The Bertz CT molecular complexity index is 750. The standard InChI is InChI=1S/C19H21N3O4/c23-17(13-20-18(24)14-5-2-1-3-6-14)21-15-8-10-22(11-9-15)19(25)16-7-4-12-26-16/h1-7,12,15H,8-11,13H2,(H,20,24)(H,21,23). The van der Waals surface area contributed by atoms with Crippen LogP contribution >= 0.6 is 0 Å². The Morgan fingerprint density at radius 2 is 1.77 bits per heavy atom. The molecule has 136 valence electrons. The van der Waals surface area contributed by atoms with Gasteiger partial charge in [-0.15, -0.1) is 0 Å². The number of piperidine rings is 1. The molecular formula is C19H21N3O4. The number of benzene rings is 1. The quantitative estimate of drug-likeness (QED) is 0.849. The van der Waals surface area contributed by atoms with Gasteiger partial charge in [0.2, 0.25) is 5.91 Å². The Kier molecular flexibility index (Phi) is 5.68. The zero-order valence-electron chi connectivity index (χ0n) is 14.3. The summed E-state index contributed by atoms with van der Waals surface area (Å²) in [6.45, 7) is 1.04. The molecular weight excluding hydrogens is 334 g/mol. The van der Waals surface area contributed by atoms with Crippen molar-refractivity contribution in [1.29, 1.82) is 0 Å². The Morgan fingerprint density at radius 3 is 2.42 bits per heavy atom. The van der Waals surface area contributed by atoms with Gasteiger partial charge in [0.05, 0.1) is 12.8 Å². The first-order valence-electron chi connectivity index (χ1n) is 8.59. The van der Waals surface area contributed by atoms with Crippen LogP contribution < -0.4 is 10.6 Å². The van der Waals surface area contributed by atoms with Gasteiger partial charge in [0, 0.05) is 24.7 Å². The highest BCUT2D eigenvalue weighted by Crippen LogP contribution is 2.14. The molecule has 26 heavy (non-hydrogen) atoms. The van der Waals surface area contributed by atoms with Crippen LogP contribution in [-0.4, -0.2) is 48.3 Å². The molecule has 0 bridgehead atoms. The molecule has 3 amide bonds. The van der Waals surface area contributed by atoms with Crippen molar-refractivity contribution in [2.45, 2.75) is 18.9 Å². The van der Waals surface area contributed by atoms with E-state index in [1.54, 1.807) is 41.3 Å². The zero-order valence-corrected chi connectivity index (χ0v) is 14.3. The second kappa shape index (κ2) is 8.33. The first-order chi connectivity index (χ1) is 12.6. The number of carbonyl (C=O) groups excluding carboxylic acids is 3. The summed E-state index contributed by atoms with van der Waals surface area (Å²) in [5, 5.41) is 5.51. The van der Waals surface area contributed by atoms with Gasteiger partial charge in [-0.3, -0.25) is 14.4 Å². The monoisotopic (exact) mass is 355 g/mol. The third-order valence-corrected chi connectivity index (χ3v) is 4.32. The van der Waals surface area contributed by atoms with E-state index in [1.807, 2.05) is 6.07 Å². The van der Waals surface area contributed by atoms with Crippen LogP contribution in [0.1, 0.15) is 33.8 Å². The highest BCUT2D eigenvalue weighted by Gasteiger charge is 2.25. The van der Waals surface area contributed by atoms with Gasteiger partial charge in [0.1, 0.15) is 0 Å². The van der Waals surface area contributed by atoms with E-state index in [2.05, 4.69) is 10.6 Å². The van der Waals surface area contributed by atoms with Crippen LogP contribution in [0.4, 0.5) is 0 Å². The van der Waals surface area contributed by atoms with Crippen LogP contribution in [-0.2, 0) is 4.79 Å². The van der Waals surface area contributed by atoms with E-state index in [9.17, 15) is 14.4 Å². The molecule has 0 atom stereocenters. The lowest BCUT2D eigenvalue weighted by atomic mass is 10.0. The maximum Gasteiger partial charge on any atom is 0.289 e. The van der Waals surface area contributed by atoms with E-state index in [0.29, 0.717) is 37.3 Å². The lowest BCUT2D eigenvalue weighted by Gasteiger charge is -2.31. The molecule has 1 saturated heterocycles. The van der Waals surface area contributed by atoms with Gasteiger partial charge < -0.3 is 20.0 Å². The Balaban J connectivity index is 1.39. The van der Waals surface area contributed by atoms with E-state index >= 15 is 0 Å². The predicted octanol–water partition coefficient (Wildman–Crippen LogP) is 1.43. The maximum atomic E-state index is 12.2. The minimum atomic E-state index is -0.278. The Morgan fingerprint density at radius 1 is 1.04 bits per heavy atom. The van der Waals surface area contributed by atoms with Crippen LogP contribution in [0.5, 0.6) is 0 Å². The average Bonchev–Trinajstić information content (AvgIpc) is 3.21. The van der Waals surface area contributed by atoms with Gasteiger partial charge in [-0.05, 0) is 37.1 Å². The molecule has 3 rings (SSSR count). The van der Waals surface area contributed by atoms with Crippen molar-refractivity contribution in [2.75, 3.05) is 19.6 Å². The second-order valence-electron chi connectivity index (χ2n) is 6.16. The molecule has 0 saturated carbocycles.